The second kappa shape index (κ2) is 10.1. The van der Waals surface area contributed by atoms with Crippen LogP contribution in [0.15, 0.2) is 83.8 Å². The second-order valence-corrected chi connectivity index (χ2v) is 8.74. The summed E-state index contributed by atoms with van der Waals surface area (Å²) in [6, 6.07) is 19.3. The van der Waals surface area contributed by atoms with Crippen molar-refractivity contribution < 1.29 is 22.4 Å². The third-order valence-corrected chi connectivity index (χ3v) is 5.91. The zero-order valence-electron chi connectivity index (χ0n) is 17.2. The molecule has 0 bridgehead atoms. The van der Waals surface area contributed by atoms with Gasteiger partial charge in [0, 0.05) is 18.3 Å². The molecule has 3 N–H and O–H groups in total. The highest BCUT2D eigenvalue weighted by atomic mass is 32.2. The molecule has 9 heteroatoms. The molecule has 1 unspecified atom stereocenters. The number of halogens is 1. The molecule has 3 rings (SSSR count). The van der Waals surface area contributed by atoms with E-state index in [2.05, 4.69) is 15.4 Å². The quantitative estimate of drug-likeness (QED) is 0.480. The van der Waals surface area contributed by atoms with Gasteiger partial charge in [0.25, 0.3) is 10.0 Å². The number of rotatable bonds is 8. The Balaban J connectivity index is 1.63. The van der Waals surface area contributed by atoms with Gasteiger partial charge in [-0.3, -0.25) is 14.3 Å². The van der Waals surface area contributed by atoms with Gasteiger partial charge in [-0.2, -0.15) is 0 Å². The minimum absolute atomic E-state index is 0.0303. The van der Waals surface area contributed by atoms with E-state index in [4.69, 9.17) is 0 Å². The number of benzene rings is 3. The molecule has 32 heavy (non-hydrogen) atoms. The molecular formula is C23H22FN3O4S. The summed E-state index contributed by atoms with van der Waals surface area (Å²) in [5.41, 5.74) is 1.56. The van der Waals surface area contributed by atoms with Gasteiger partial charge in [0.05, 0.1) is 17.4 Å². The Hall–Kier alpha value is -3.72. The maximum absolute atomic E-state index is 13.0. The Morgan fingerprint density at radius 3 is 2.06 bits per heavy atom. The Morgan fingerprint density at radius 1 is 0.875 bits per heavy atom. The Bertz CT molecular complexity index is 1180. The molecular weight excluding hydrogens is 433 g/mol. The standard InChI is InChI=1S/C23H22FN3O4S/c1-16(28)25-22(17-5-3-2-4-6-17)15-23(29)26-19-9-11-20(12-10-19)27-32(30,31)21-13-7-18(24)8-14-21/h2-14,22,27H,15H2,1H3,(H,25,28)(H,26,29). The average Bonchev–Trinajstić information content (AvgIpc) is 2.75. The molecule has 0 aliphatic carbocycles. The van der Waals surface area contributed by atoms with Gasteiger partial charge in [0.15, 0.2) is 0 Å². The molecule has 2 amide bonds. The maximum Gasteiger partial charge on any atom is 0.261 e. The largest absolute Gasteiger partial charge is 0.349 e. The molecule has 3 aromatic rings. The summed E-state index contributed by atoms with van der Waals surface area (Å²) >= 11 is 0. The average molecular weight is 456 g/mol. The summed E-state index contributed by atoms with van der Waals surface area (Å²) in [6.07, 6.45) is 0.0303. The predicted molar refractivity (Wildman–Crippen MR) is 120 cm³/mol. The summed E-state index contributed by atoms with van der Waals surface area (Å²) in [7, 11) is -3.87. The van der Waals surface area contributed by atoms with E-state index < -0.39 is 21.9 Å². The van der Waals surface area contributed by atoms with Crippen molar-refractivity contribution in [2.45, 2.75) is 24.3 Å². The van der Waals surface area contributed by atoms with Crippen LogP contribution in [0.5, 0.6) is 0 Å². The van der Waals surface area contributed by atoms with Gasteiger partial charge < -0.3 is 10.6 Å². The summed E-state index contributed by atoms with van der Waals surface area (Å²) in [4.78, 5) is 24.0. The van der Waals surface area contributed by atoms with Gasteiger partial charge in [-0.05, 0) is 54.1 Å². The first-order valence-corrected chi connectivity index (χ1v) is 11.2. The second-order valence-electron chi connectivity index (χ2n) is 7.05. The first-order chi connectivity index (χ1) is 15.2. The Morgan fingerprint density at radius 2 is 1.47 bits per heavy atom. The van der Waals surface area contributed by atoms with Gasteiger partial charge in [-0.25, -0.2) is 12.8 Å². The van der Waals surface area contributed by atoms with Gasteiger partial charge in [-0.15, -0.1) is 0 Å². The van der Waals surface area contributed by atoms with Crippen LogP contribution in [0.3, 0.4) is 0 Å². The normalized spacial score (nSPS) is 11.9. The lowest BCUT2D eigenvalue weighted by molar-refractivity contribution is -0.120. The first kappa shape index (κ1) is 23.0. The maximum atomic E-state index is 13.0. The number of carbonyl (C=O) groups is 2. The van der Waals surface area contributed by atoms with E-state index in [1.54, 1.807) is 12.1 Å². The van der Waals surface area contributed by atoms with E-state index in [-0.39, 0.29) is 28.8 Å². The molecule has 0 radical (unpaired) electrons. The van der Waals surface area contributed by atoms with E-state index in [9.17, 15) is 22.4 Å². The van der Waals surface area contributed by atoms with Crippen molar-refractivity contribution in [2.24, 2.45) is 0 Å². The number of sulfonamides is 1. The Kier molecular flexibility index (Phi) is 7.21. The SMILES string of the molecule is CC(=O)NC(CC(=O)Nc1ccc(NS(=O)(=O)c2ccc(F)cc2)cc1)c1ccccc1. The third kappa shape index (κ3) is 6.39. The highest BCUT2D eigenvalue weighted by Gasteiger charge is 2.17. The molecule has 0 aliphatic heterocycles. The third-order valence-electron chi connectivity index (χ3n) is 4.51. The predicted octanol–water partition coefficient (Wildman–Crippen LogP) is 3.83. The van der Waals surface area contributed by atoms with Gasteiger partial charge >= 0.3 is 0 Å². The zero-order chi connectivity index (χ0) is 23.1. The number of amides is 2. The van der Waals surface area contributed by atoms with Crippen molar-refractivity contribution in [3.63, 3.8) is 0 Å². The molecule has 0 heterocycles. The van der Waals surface area contributed by atoms with Crippen LogP contribution in [-0.4, -0.2) is 20.2 Å². The highest BCUT2D eigenvalue weighted by molar-refractivity contribution is 7.92. The summed E-state index contributed by atoms with van der Waals surface area (Å²) < 4.78 is 40.2. The molecule has 0 aromatic heterocycles. The van der Waals surface area contributed by atoms with Crippen molar-refractivity contribution >= 4 is 33.2 Å². The van der Waals surface area contributed by atoms with Crippen molar-refractivity contribution in [1.82, 2.24) is 5.32 Å². The van der Waals surface area contributed by atoms with Crippen LogP contribution in [0, 0.1) is 5.82 Å². The summed E-state index contributed by atoms with van der Waals surface area (Å²) in [5.74, 6) is -1.09. The van der Waals surface area contributed by atoms with E-state index in [1.807, 2.05) is 30.3 Å². The number of carbonyl (C=O) groups excluding carboxylic acids is 2. The van der Waals surface area contributed by atoms with Crippen molar-refractivity contribution in [2.75, 3.05) is 10.0 Å². The lowest BCUT2D eigenvalue weighted by Gasteiger charge is -2.18. The Labute approximate surface area is 185 Å². The number of hydrogen-bond acceptors (Lipinski definition) is 4. The summed E-state index contributed by atoms with van der Waals surface area (Å²) in [6.45, 7) is 1.39. The fourth-order valence-corrected chi connectivity index (χ4v) is 4.09. The van der Waals surface area contributed by atoms with Crippen LogP contribution < -0.4 is 15.4 Å². The van der Waals surface area contributed by atoms with Crippen molar-refractivity contribution in [3.05, 3.63) is 90.2 Å². The molecule has 3 aromatic carbocycles. The summed E-state index contributed by atoms with van der Waals surface area (Å²) in [5, 5.41) is 5.50. The van der Waals surface area contributed by atoms with Crippen LogP contribution in [-0.2, 0) is 19.6 Å². The fraction of sp³-hybridized carbons (Fsp3) is 0.130. The van der Waals surface area contributed by atoms with Crippen molar-refractivity contribution in [3.8, 4) is 0 Å². The van der Waals surface area contributed by atoms with Crippen LogP contribution in [0.25, 0.3) is 0 Å². The molecule has 0 fully saturated rings. The molecule has 166 valence electrons. The number of hydrogen-bond donors (Lipinski definition) is 3. The van der Waals surface area contributed by atoms with Crippen LogP contribution in [0.1, 0.15) is 24.9 Å². The van der Waals surface area contributed by atoms with Crippen LogP contribution in [0.2, 0.25) is 0 Å². The monoisotopic (exact) mass is 455 g/mol. The molecule has 0 aliphatic rings. The highest BCUT2D eigenvalue weighted by Crippen LogP contribution is 2.21. The van der Waals surface area contributed by atoms with Crippen LogP contribution >= 0.6 is 0 Å². The van der Waals surface area contributed by atoms with E-state index >= 15 is 0 Å². The van der Waals surface area contributed by atoms with Gasteiger partial charge in [0.2, 0.25) is 11.8 Å². The molecule has 0 saturated carbocycles. The molecule has 0 spiro atoms. The fourth-order valence-electron chi connectivity index (χ4n) is 3.03. The van der Waals surface area contributed by atoms with Gasteiger partial charge in [-0.1, -0.05) is 30.3 Å². The number of anilines is 2. The van der Waals surface area contributed by atoms with Gasteiger partial charge in [0.1, 0.15) is 5.82 Å². The minimum Gasteiger partial charge on any atom is -0.349 e. The lowest BCUT2D eigenvalue weighted by Crippen LogP contribution is -2.29. The number of nitrogens with one attached hydrogen (secondary N) is 3. The van der Waals surface area contributed by atoms with E-state index in [0.717, 1.165) is 17.7 Å². The van der Waals surface area contributed by atoms with Crippen molar-refractivity contribution in [1.29, 1.82) is 0 Å². The zero-order valence-corrected chi connectivity index (χ0v) is 18.0. The van der Waals surface area contributed by atoms with Crippen LogP contribution in [0.4, 0.5) is 15.8 Å². The molecule has 0 saturated heterocycles. The lowest BCUT2D eigenvalue weighted by atomic mass is 10.0. The first-order valence-electron chi connectivity index (χ1n) is 9.73. The smallest absolute Gasteiger partial charge is 0.261 e. The molecule has 7 nitrogen and oxygen atoms in total. The van der Waals surface area contributed by atoms with E-state index in [1.165, 1.54) is 31.2 Å². The van der Waals surface area contributed by atoms with E-state index in [0.29, 0.717) is 5.69 Å². The topological polar surface area (TPSA) is 104 Å². The minimum atomic E-state index is -3.87. The molecule has 1 atom stereocenters.